The number of nitrogens with one attached hydrogen (secondary N) is 4. The molecule has 4 rings (SSSR count). The Morgan fingerprint density at radius 2 is 2.08 bits per heavy atom. The summed E-state index contributed by atoms with van der Waals surface area (Å²) in [5, 5.41) is 32.7. The minimum absolute atomic E-state index is 0.0429. The second kappa shape index (κ2) is 11.6. The SMILES string of the molecule is CC(=O)NC1[C@H](Oc2ccc(C)nc2)OC(CNC(=O)CCC[C@@H]2SC[C@@H]3NC(=O)N[C@@H]32)[C@@H](O)[C@@H]1O. The normalized spacial score (nSPS) is 33.3. The maximum Gasteiger partial charge on any atom is 0.315 e. The molecule has 4 amide bonds. The molecule has 12 nitrogen and oxygen atoms in total. The lowest BCUT2D eigenvalue weighted by atomic mass is 9.96. The molecule has 4 heterocycles. The Morgan fingerprint density at radius 3 is 2.81 bits per heavy atom. The zero-order valence-electron chi connectivity index (χ0n) is 20.2. The molecule has 1 aromatic rings. The Labute approximate surface area is 213 Å². The van der Waals surface area contributed by atoms with Gasteiger partial charge in [0.15, 0.2) is 0 Å². The zero-order chi connectivity index (χ0) is 25.8. The van der Waals surface area contributed by atoms with Gasteiger partial charge in [0.2, 0.25) is 18.1 Å². The van der Waals surface area contributed by atoms with Gasteiger partial charge in [0.25, 0.3) is 0 Å². The molecule has 0 spiro atoms. The van der Waals surface area contributed by atoms with Crippen LogP contribution in [0.1, 0.15) is 31.9 Å². The van der Waals surface area contributed by atoms with Crippen LogP contribution in [0.2, 0.25) is 0 Å². The summed E-state index contributed by atoms with van der Waals surface area (Å²) in [7, 11) is 0. The third kappa shape index (κ3) is 6.38. The number of nitrogens with zero attached hydrogens (tertiary/aromatic N) is 1. The van der Waals surface area contributed by atoms with Crippen molar-refractivity contribution in [3.8, 4) is 5.75 Å². The number of ether oxygens (including phenoxy) is 2. The van der Waals surface area contributed by atoms with Gasteiger partial charge < -0.3 is 41.0 Å². The molecule has 1 aromatic heterocycles. The number of hydrogen-bond donors (Lipinski definition) is 6. The van der Waals surface area contributed by atoms with Crippen LogP contribution in [-0.2, 0) is 14.3 Å². The number of amides is 4. The molecule has 8 atom stereocenters. The van der Waals surface area contributed by atoms with E-state index in [4.69, 9.17) is 9.47 Å². The quantitative estimate of drug-likeness (QED) is 0.226. The highest BCUT2D eigenvalue weighted by Crippen LogP contribution is 2.33. The van der Waals surface area contributed by atoms with Crippen molar-refractivity contribution in [1.29, 1.82) is 0 Å². The number of aryl methyl sites for hydroxylation is 1. The van der Waals surface area contributed by atoms with Gasteiger partial charge in [-0.2, -0.15) is 11.8 Å². The van der Waals surface area contributed by atoms with Crippen molar-refractivity contribution >= 4 is 29.6 Å². The third-order valence-electron chi connectivity index (χ3n) is 6.54. The van der Waals surface area contributed by atoms with Gasteiger partial charge >= 0.3 is 6.03 Å². The summed E-state index contributed by atoms with van der Waals surface area (Å²) < 4.78 is 11.7. The monoisotopic (exact) mass is 523 g/mol. The number of carbonyl (C=O) groups is 3. The van der Waals surface area contributed by atoms with Crippen LogP contribution in [0.5, 0.6) is 5.75 Å². The van der Waals surface area contributed by atoms with E-state index in [-0.39, 0.29) is 42.2 Å². The van der Waals surface area contributed by atoms with E-state index >= 15 is 0 Å². The molecule has 3 aliphatic rings. The predicted octanol–water partition coefficient (Wildman–Crippen LogP) is -0.828. The van der Waals surface area contributed by atoms with Crippen LogP contribution >= 0.6 is 11.8 Å². The highest BCUT2D eigenvalue weighted by atomic mass is 32.2. The van der Waals surface area contributed by atoms with Crippen molar-refractivity contribution in [3.63, 3.8) is 0 Å². The molecule has 0 aromatic carbocycles. The number of carbonyl (C=O) groups excluding carboxylic acids is 3. The molecule has 0 aliphatic carbocycles. The van der Waals surface area contributed by atoms with Gasteiger partial charge in [0.05, 0.1) is 18.3 Å². The highest BCUT2D eigenvalue weighted by molar-refractivity contribution is 8.00. The molecule has 3 aliphatic heterocycles. The van der Waals surface area contributed by atoms with E-state index in [9.17, 15) is 24.6 Å². The van der Waals surface area contributed by atoms with Crippen LogP contribution in [0.4, 0.5) is 4.79 Å². The number of aliphatic hydroxyl groups is 2. The summed E-state index contributed by atoms with van der Waals surface area (Å²) in [6.45, 7) is 3.07. The van der Waals surface area contributed by atoms with Crippen molar-refractivity contribution in [1.82, 2.24) is 26.3 Å². The molecule has 36 heavy (non-hydrogen) atoms. The largest absolute Gasteiger partial charge is 0.461 e. The first-order chi connectivity index (χ1) is 17.2. The van der Waals surface area contributed by atoms with E-state index in [0.717, 1.165) is 17.9 Å². The van der Waals surface area contributed by atoms with Crippen LogP contribution < -0.4 is 26.0 Å². The Balaban J connectivity index is 1.28. The fourth-order valence-corrected chi connectivity index (χ4v) is 6.20. The molecular formula is C23H33N5O7S. The van der Waals surface area contributed by atoms with Gasteiger partial charge in [-0.3, -0.25) is 14.6 Å². The van der Waals surface area contributed by atoms with Gasteiger partial charge in [-0.15, -0.1) is 0 Å². The van der Waals surface area contributed by atoms with Crippen molar-refractivity contribution in [3.05, 3.63) is 24.0 Å². The molecule has 0 bridgehead atoms. The molecule has 198 valence electrons. The number of fused-ring (bicyclic) bond motifs is 1. The second-order valence-electron chi connectivity index (χ2n) is 9.32. The number of aliphatic hydroxyl groups excluding tert-OH is 2. The van der Waals surface area contributed by atoms with Gasteiger partial charge in [-0.25, -0.2) is 4.79 Å². The lowest BCUT2D eigenvalue weighted by Crippen LogP contribution is -2.66. The fraction of sp³-hybridized carbons (Fsp3) is 0.652. The average molecular weight is 524 g/mol. The Morgan fingerprint density at radius 1 is 1.28 bits per heavy atom. The maximum atomic E-state index is 12.4. The van der Waals surface area contributed by atoms with Gasteiger partial charge in [0.1, 0.15) is 30.1 Å². The fourth-order valence-electron chi connectivity index (χ4n) is 4.66. The van der Waals surface area contributed by atoms with Crippen LogP contribution in [0, 0.1) is 6.92 Å². The smallest absolute Gasteiger partial charge is 0.315 e. The number of aromatic nitrogens is 1. The van der Waals surface area contributed by atoms with Gasteiger partial charge in [0, 0.05) is 36.6 Å². The molecule has 3 fully saturated rings. The summed E-state index contributed by atoms with van der Waals surface area (Å²) in [4.78, 5) is 39.8. The molecule has 0 saturated carbocycles. The molecule has 6 N–H and O–H groups in total. The van der Waals surface area contributed by atoms with Crippen molar-refractivity contribution in [2.75, 3.05) is 12.3 Å². The highest BCUT2D eigenvalue weighted by Gasteiger charge is 2.46. The van der Waals surface area contributed by atoms with E-state index < -0.39 is 36.6 Å². The molecule has 3 saturated heterocycles. The standard InChI is InChI=1S/C23H33N5O7S/c1-11-6-7-13(8-24-11)34-22-19(26-12(2)29)21(32)20(31)15(35-22)9-25-17(30)5-3-4-16-18-14(10-36-16)27-23(33)28-18/h6-8,14-16,18-22,31-32H,3-5,9-10H2,1-2H3,(H,25,30)(H,26,29)(H2,27,28,33)/t14-,15?,16-,18-,19?,20+,21+,22+/m0/s1. The number of pyridine rings is 1. The number of rotatable bonds is 9. The first-order valence-corrected chi connectivity index (χ1v) is 13.1. The second-order valence-corrected chi connectivity index (χ2v) is 10.6. The summed E-state index contributed by atoms with van der Waals surface area (Å²) in [5.41, 5.74) is 0.789. The summed E-state index contributed by atoms with van der Waals surface area (Å²) >= 11 is 1.79. The average Bonchev–Trinajstić information content (AvgIpc) is 3.38. The number of thioether (sulfide) groups is 1. The van der Waals surface area contributed by atoms with E-state index in [1.165, 1.54) is 13.1 Å². The van der Waals surface area contributed by atoms with E-state index in [1.54, 1.807) is 23.9 Å². The summed E-state index contributed by atoms with van der Waals surface area (Å²) in [5.74, 6) is 0.600. The molecule has 2 unspecified atom stereocenters. The van der Waals surface area contributed by atoms with Crippen LogP contribution in [-0.4, -0.2) is 93.3 Å². The Kier molecular flexibility index (Phi) is 8.54. The minimum Gasteiger partial charge on any atom is -0.461 e. The minimum atomic E-state index is -1.38. The first kappa shape index (κ1) is 26.5. The first-order valence-electron chi connectivity index (χ1n) is 12.0. The summed E-state index contributed by atoms with van der Waals surface area (Å²) in [6, 6.07) is 2.50. The van der Waals surface area contributed by atoms with Crippen LogP contribution in [0.15, 0.2) is 18.3 Å². The molecule has 13 heteroatoms. The predicted molar refractivity (Wildman–Crippen MR) is 130 cm³/mol. The van der Waals surface area contributed by atoms with E-state index in [0.29, 0.717) is 12.2 Å². The van der Waals surface area contributed by atoms with Crippen LogP contribution in [0.3, 0.4) is 0 Å². The topological polar surface area (TPSA) is 171 Å². The summed E-state index contributed by atoms with van der Waals surface area (Å²) in [6.07, 6.45) is -1.58. The lowest BCUT2D eigenvalue weighted by Gasteiger charge is -2.42. The van der Waals surface area contributed by atoms with Crippen molar-refractivity contribution in [2.24, 2.45) is 0 Å². The maximum absolute atomic E-state index is 12.4. The number of hydrogen-bond acceptors (Lipinski definition) is 9. The van der Waals surface area contributed by atoms with Gasteiger partial charge in [-0.1, -0.05) is 0 Å². The lowest BCUT2D eigenvalue weighted by molar-refractivity contribution is -0.235. The molecular weight excluding hydrogens is 490 g/mol. The Bertz CT molecular complexity index is 951. The molecule has 0 radical (unpaired) electrons. The van der Waals surface area contributed by atoms with Crippen molar-refractivity contribution < 1.29 is 34.1 Å². The number of urea groups is 1. The Hall–Kier alpha value is -2.61. The van der Waals surface area contributed by atoms with Gasteiger partial charge in [-0.05, 0) is 31.9 Å². The third-order valence-corrected chi connectivity index (χ3v) is 8.05. The van der Waals surface area contributed by atoms with Crippen LogP contribution in [0.25, 0.3) is 0 Å². The van der Waals surface area contributed by atoms with E-state index in [1.807, 2.05) is 6.92 Å². The van der Waals surface area contributed by atoms with Crippen molar-refractivity contribution in [2.45, 2.75) is 81.1 Å². The zero-order valence-corrected chi connectivity index (χ0v) is 21.0. The van der Waals surface area contributed by atoms with E-state index in [2.05, 4.69) is 26.3 Å².